The third-order valence-electron chi connectivity index (χ3n) is 3.51. The molecule has 0 amide bonds. The number of furan rings is 1. The number of carbonyl (C=O) groups is 1. The molecular weight excluding hydrogens is 334 g/mol. The standard InChI is InChI=1S/C18H14F2O3S/c1-2-22-18(21)12-6-7-14(19)16(20)13(12)10-24-15-5-3-4-11-8-9-23-17(11)15/h3-9H,2,10H2,1H3. The lowest BCUT2D eigenvalue weighted by atomic mass is 10.1. The monoisotopic (exact) mass is 348 g/mol. The van der Waals surface area contributed by atoms with Crippen LogP contribution in [0.4, 0.5) is 8.78 Å². The second kappa shape index (κ2) is 7.05. The molecule has 2 aromatic carbocycles. The van der Waals surface area contributed by atoms with Crippen LogP contribution >= 0.6 is 11.8 Å². The Kier molecular flexibility index (Phi) is 4.85. The lowest BCUT2D eigenvalue weighted by Crippen LogP contribution is -2.10. The smallest absolute Gasteiger partial charge is 0.338 e. The zero-order valence-corrected chi connectivity index (χ0v) is 13.7. The van der Waals surface area contributed by atoms with Crippen molar-refractivity contribution >= 4 is 28.7 Å². The molecule has 0 atom stereocenters. The molecule has 0 aliphatic heterocycles. The molecule has 124 valence electrons. The maximum absolute atomic E-state index is 14.2. The molecule has 24 heavy (non-hydrogen) atoms. The summed E-state index contributed by atoms with van der Waals surface area (Å²) in [6, 6.07) is 9.59. The van der Waals surface area contributed by atoms with E-state index in [1.165, 1.54) is 17.8 Å². The van der Waals surface area contributed by atoms with Gasteiger partial charge in [-0.15, -0.1) is 11.8 Å². The number of para-hydroxylation sites is 1. The van der Waals surface area contributed by atoms with Crippen molar-refractivity contribution in [3.8, 4) is 0 Å². The Labute approximate surface area is 141 Å². The van der Waals surface area contributed by atoms with Crippen LogP contribution in [0.1, 0.15) is 22.8 Å². The van der Waals surface area contributed by atoms with Crippen molar-refractivity contribution in [1.29, 1.82) is 0 Å². The van der Waals surface area contributed by atoms with Crippen molar-refractivity contribution < 1.29 is 22.7 Å². The minimum atomic E-state index is -1.03. The molecule has 0 spiro atoms. The van der Waals surface area contributed by atoms with Gasteiger partial charge >= 0.3 is 5.97 Å². The normalized spacial score (nSPS) is 11.0. The van der Waals surface area contributed by atoms with Crippen LogP contribution in [0.15, 0.2) is 52.0 Å². The molecule has 3 nitrogen and oxygen atoms in total. The van der Waals surface area contributed by atoms with E-state index in [0.717, 1.165) is 16.3 Å². The van der Waals surface area contributed by atoms with Crippen LogP contribution in [0.25, 0.3) is 11.0 Å². The van der Waals surface area contributed by atoms with Crippen molar-refractivity contribution in [1.82, 2.24) is 0 Å². The Balaban J connectivity index is 1.93. The highest BCUT2D eigenvalue weighted by Gasteiger charge is 2.20. The fraction of sp³-hybridized carbons (Fsp3) is 0.167. The maximum atomic E-state index is 14.2. The molecule has 0 fully saturated rings. The average molecular weight is 348 g/mol. The predicted octanol–water partition coefficient (Wildman–Crippen LogP) is 5.18. The zero-order valence-electron chi connectivity index (χ0n) is 12.8. The van der Waals surface area contributed by atoms with Crippen LogP contribution in [0.3, 0.4) is 0 Å². The first-order chi connectivity index (χ1) is 11.6. The Bertz CT molecular complexity index is 889. The summed E-state index contributed by atoms with van der Waals surface area (Å²) in [7, 11) is 0. The summed E-state index contributed by atoms with van der Waals surface area (Å²) in [4.78, 5) is 12.8. The number of fused-ring (bicyclic) bond motifs is 1. The Morgan fingerprint density at radius 1 is 1.21 bits per heavy atom. The van der Waals surface area contributed by atoms with E-state index in [1.807, 2.05) is 24.3 Å². The lowest BCUT2D eigenvalue weighted by molar-refractivity contribution is 0.0524. The number of thioether (sulfide) groups is 1. The molecule has 1 aromatic heterocycles. The van der Waals surface area contributed by atoms with E-state index < -0.39 is 17.6 Å². The second-order valence-corrected chi connectivity index (χ2v) is 6.01. The van der Waals surface area contributed by atoms with Crippen molar-refractivity contribution in [2.45, 2.75) is 17.6 Å². The van der Waals surface area contributed by atoms with E-state index in [9.17, 15) is 13.6 Å². The van der Waals surface area contributed by atoms with Crippen molar-refractivity contribution in [3.05, 3.63) is 65.4 Å². The highest BCUT2D eigenvalue weighted by Crippen LogP contribution is 2.33. The molecule has 0 bridgehead atoms. The van der Waals surface area contributed by atoms with Gasteiger partial charge in [-0.2, -0.15) is 0 Å². The average Bonchev–Trinajstić information content (AvgIpc) is 3.05. The third-order valence-corrected chi connectivity index (χ3v) is 4.57. The molecule has 3 aromatic rings. The third kappa shape index (κ3) is 3.14. The first kappa shape index (κ1) is 16.5. The van der Waals surface area contributed by atoms with E-state index in [4.69, 9.17) is 9.15 Å². The Morgan fingerprint density at radius 2 is 2.04 bits per heavy atom. The van der Waals surface area contributed by atoms with Gasteiger partial charge in [0, 0.05) is 16.7 Å². The van der Waals surface area contributed by atoms with Gasteiger partial charge in [0.1, 0.15) is 5.58 Å². The summed E-state index contributed by atoms with van der Waals surface area (Å²) >= 11 is 1.27. The fourth-order valence-corrected chi connectivity index (χ4v) is 3.42. The largest absolute Gasteiger partial charge is 0.463 e. The molecule has 0 saturated heterocycles. The summed E-state index contributed by atoms with van der Waals surface area (Å²) < 4.78 is 38.1. The van der Waals surface area contributed by atoms with E-state index in [-0.39, 0.29) is 23.5 Å². The number of esters is 1. The van der Waals surface area contributed by atoms with Gasteiger partial charge < -0.3 is 9.15 Å². The molecule has 0 N–H and O–H groups in total. The number of hydrogen-bond acceptors (Lipinski definition) is 4. The summed E-state index contributed by atoms with van der Waals surface area (Å²) in [5, 5.41) is 0.922. The molecule has 0 unspecified atom stereocenters. The van der Waals surface area contributed by atoms with Gasteiger partial charge in [-0.3, -0.25) is 0 Å². The molecule has 0 aliphatic rings. The predicted molar refractivity (Wildman–Crippen MR) is 88.1 cm³/mol. The van der Waals surface area contributed by atoms with Gasteiger partial charge in [0.25, 0.3) is 0 Å². The first-order valence-corrected chi connectivity index (χ1v) is 8.33. The van der Waals surface area contributed by atoms with Crippen LogP contribution in [0.5, 0.6) is 0 Å². The van der Waals surface area contributed by atoms with Gasteiger partial charge in [0.05, 0.1) is 23.3 Å². The molecule has 6 heteroatoms. The van der Waals surface area contributed by atoms with E-state index in [0.29, 0.717) is 5.58 Å². The minimum Gasteiger partial charge on any atom is -0.463 e. The van der Waals surface area contributed by atoms with Gasteiger partial charge in [0.15, 0.2) is 11.6 Å². The highest BCUT2D eigenvalue weighted by atomic mass is 32.2. The van der Waals surface area contributed by atoms with Crippen LogP contribution < -0.4 is 0 Å². The topological polar surface area (TPSA) is 39.4 Å². The van der Waals surface area contributed by atoms with Gasteiger partial charge in [-0.25, -0.2) is 13.6 Å². The summed E-state index contributed by atoms with van der Waals surface area (Å²) in [5.74, 6) is -2.60. The van der Waals surface area contributed by atoms with E-state index in [2.05, 4.69) is 0 Å². The van der Waals surface area contributed by atoms with Crippen molar-refractivity contribution in [2.75, 3.05) is 6.61 Å². The number of halogens is 2. The van der Waals surface area contributed by atoms with Gasteiger partial charge in [-0.1, -0.05) is 12.1 Å². The summed E-state index contributed by atoms with van der Waals surface area (Å²) in [5.41, 5.74) is 0.703. The molecule has 0 aliphatic carbocycles. The number of ether oxygens (including phenoxy) is 1. The number of carbonyl (C=O) groups excluding carboxylic acids is 1. The summed E-state index contributed by atoms with van der Waals surface area (Å²) in [6.45, 7) is 1.82. The molecule has 0 radical (unpaired) electrons. The van der Waals surface area contributed by atoms with Crippen LogP contribution in [0.2, 0.25) is 0 Å². The number of rotatable bonds is 5. The van der Waals surface area contributed by atoms with Gasteiger partial charge in [-0.05, 0) is 31.2 Å². The summed E-state index contributed by atoms with van der Waals surface area (Å²) in [6.07, 6.45) is 1.57. The van der Waals surface area contributed by atoms with Crippen molar-refractivity contribution in [2.24, 2.45) is 0 Å². The molecule has 1 heterocycles. The first-order valence-electron chi connectivity index (χ1n) is 7.34. The number of benzene rings is 2. The maximum Gasteiger partial charge on any atom is 0.338 e. The quantitative estimate of drug-likeness (QED) is 0.470. The SMILES string of the molecule is CCOC(=O)c1ccc(F)c(F)c1CSc1cccc2ccoc12. The van der Waals surface area contributed by atoms with Gasteiger partial charge in [0.2, 0.25) is 0 Å². The lowest BCUT2D eigenvalue weighted by Gasteiger charge is -2.10. The zero-order chi connectivity index (χ0) is 17.1. The van der Waals surface area contributed by atoms with E-state index >= 15 is 0 Å². The molecular formula is C18H14F2O3S. The van der Waals surface area contributed by atoms with Crippen LogP contribution in [-0.4, -0.2) is 12.6 Å². The van der Waals surface area contributed by atoms with Crippen molar-refractivity contribution in [3.63, 3.8) is 0 Å². The Morgan fingerprint density at radius 3 is 2.83 bits per heavy atom. The fourth-order valence-electron chi connectivity index (χ4n) is 2.36. The van der Waals surface area contributed by atoms with Crippen LogP contribution in [0, 0.1) is 11.6 Å². The van der Waals surface area contributed by atoms with E-state index in [1.54, 1.807) is 13.2 Å². The highest BCUT2D eigenvalue weighted by molar-refractivity contribution is 7.98. The second-order valence-electron chi connectivity index (χ2n) is 4.99. The minimum absolute atomic E-state index is 0.0120. The van der Waals surface area contributed by atoms with Crippen LogP contribution in [-0.2, 0) is 10.5 Å². The Hall–Kier alpha value is -2.34. The number of hydrogen-bond donors (Lipinski definition) is 0. The molecule has 0 saturated carbocycles. The molecule has 3 rings (SSSR count).